The van der Waals surface area contributed by atoms with Gasteiger partial charge in [-0.1, -0.05) is 0 Å². The molecule has 0 aromatic carbocycles. The van der Waals surface area contributed by atoms with Crippen LogP contribution in [0.25, 0.3) is 0 Å². The van der Waals surface area contributed by atoms with Gasteiger partial charge in [-0.15, -0.1) is 11.3 Å². The van der Waals surface area contributed by atoms with Gasteiger partial charge in [0.25, 0.3) is 0 Å². The number of rotatable bonds is 2. The molecule has 2 nitrogen and oxygen atoms in total. The number of halogens is 1. The molecule has 0 amide bonds. The molecule has 2 aromatic rings. The van der Waals surface area contributed by atoms with Crippen molar-refractivity contribution in [3.63, 3.8) is 0 Å². The summed E-state index contributed by atoms with van der Waals surface area (Å²) in [4.78, 5) is 2.28. The minimum atomic E-state index is -0.0458. The third-order valence-electron chi connectivity index (χ3n) is 1.88. The van der Waals surface area contributed by atoms with Crippen LogP contribution in [-0.2, 0) is 0 Å². The lowest BCUT2D eigenvalue weighted by atomic mass is 10.2. The molecule has 2 rings (SSSR count). The molecule has 2 N–H and O–H groups in total. The molecule has 0 aliphatic carbocycles. The van der Waals surface area contributed by atoms with Crippen molar-refractivity contribution >= 4 is 38.8 Å². The summed E-state index contributed by atoms with van der Waals surface area (Å²) < 4.78 is 5.31. The van der Waals surface area contributed by atoms with Crippen molar-refractivity contribution in [2.24, 2.45) is 5.73 Å². The normalized spacial score (nSPS) is 13.1. The van der Waals surface area contributed by atoms with Gasteiger partial charge in [0.2, 0.25) is 0 Å². The van der Waals surface area contributed by atoms with Crippen LogP contribution >= 0.6 is 38.8 Å². The minimum absolute atomic E-state index is 0.0458. The van der Waals surface area contributed by atoms with E-state index in [2.05, 4.69) is 20.3 Å². The monoisotopic (exact) mass is 288 g/mol. The van der Waals surface area contributed by atoms with Crippen molar-refractivity contribution in [1.82, 2.24) is 4.37 Å². The van der Waals surface area contributed by atoms with Crippen LogP contribution in [-0.4, -0.2) is 4.37 Å². The first-order chi connectivity index (χ1) is 6.68. The first kappa shape index (κ1) is 10.3. The molecule has 5 heteroatoms. The summed E-state index contributed by atoms with van der Waals surface area (Å²) in [5.41, 5.74) is 7.16. The molecule has 0 saturated carbocycles. The molecule has 2 heterocycles. The molecule has 0 bridgehead atoms. The number of nitrogens with two attached hydrogens (primary N) is 1. The zero-order chi connectivity index (χ0) is 10.1. The van der Waals surface area contributed by atoms with Crippen LogP contribution in [0.1, 0.15) is 21.5 Å². The molecular formula is C9H9BrN2S2. The van der Waals surface area contributed by atoms with Crippen molar-refractivity contribution in [2.45, 2.75) is 13.0 Å². The fraction of sp³-hybridized carbons (Fsp3) is 0.222. The Morgan fingerprint density at radius 3 is 2.86 bits per heavy atom. The second-order valence-corrected chi connectivity index (χ2v) is 5.62. The average molecular weight is 289 g/mol. The maximum atomic E-state index is 6.13. The van der Waals surface area contributed by atoms with E-state index in [4.69, 9.17) is 5.73 Å². The second kappa shape index (κ2) is 4.10. The molecular weight excluding hydrogens is 280 g/mol. The summed E-state index contributed by atoms with van der Waals surface area (Å²) in [7, 11) is 0. The van der Waals surface area contributed by atoms with Crippen LogP contribution < -0.4 is 5.73 Å². The SMILES string of the molecule is Cc1cc(C(N)c2sccc2Br)sn1. The maximum Gasteiger partial charge on any atom is 0.0767 e. The Kier molecular flexibility index (Phi) is 3.02. The Morgan fingerprint density at radius 1 is 1.57 bits per heavy atom. The first-order valence-corrected chi connectivity index (χ1v) is 6.55. The predicted octanol–water partition coefficient (Wildman–Crippen LogP) is 3.32. The van der Waals surface area contributed by atoms with Crippen molar-refractivity contribution in [3.05, 3.63) is 37.4 Å². The van der Waals surface area contributed by atoms with Crippen molar-refractivity contribution in [3.8, 4) is 0 Å². The van der Waals surface area contributed by atoms with Crippen molar-refractivity contribution < 1.29 is 0 Å². The second-order valence-electron chi connectivity index (χ2n) is 2.98. The minimum Gasteiger partial charge on any atom is -0.319 e. The number of hydrogen-bond acceptors (Lipinski definition) is 4. The van der Waals surface area contributed by atoms with Gasteiger partial charge in [-0.05, 0) is 51.9 Å². The fourth-order valence-electron chi connectivity index (χ4n) is 1.19. The van der Waals surface area contributed by atoms with Crippen LogP contribution in [0.3, 0.4) is 0 Å². The van der Waals surface area contributed by atoms with Gasteiger partial charge in [0.1, 0.15) is 0 Å². The Balaban J connectivity index is 2.33. The van der Waals surface area contributed by atoms with Gasteiger partial charge in [-0.25, -0.2) is 0 Å². The van der Waals surface area contributed by atoms with E-state index >= 15 is 0 Å². The highest BCUT2D eigenvalue weighted by Crippen LogP contribution is 2.33. The topological polar surface area (TPSA) is 38.9 Å². The number of thiophene rings is 1. The Labute approximate surface area is 99.1 Å². The summed E-state index contributed by atoms with van der Waals surface area (Å²) in [6, 6.07) is 4.02. The lowest BCUT2D eigenvalue weighted by Crippen LogP contribution is -2.08. The smallest absolute Gasteiger partial charge is 0.0767 e. The van der Waals surface area contributed by atoms with Crippen LogP contribution in [0.2, 0.25) is 0 Å². The van der Waals surface area contributed by atoms with E-state index in [9.17, 15) is 0 Å². The van der Waals surface area contributed by atoms with Crippen molar-refractivity contribution in [1.29, 1.82) is 0 Å². The van der Waals surface area contributed by atoms with Gasteiger partial charge in [0, 0.05) is 14.2 Å². The largest absolute Gasteiger partial charge is 0.319 e. The van der Waals surface area contributed by atoms with E-state index in [-0.39, 0.29) is 6.04 Å². The van der Waals surface area contributed by atoms with Crippen LogP contribution in [0.4, 0.5) is 0 Å². The van der Waals surface area contributed by atoms with E-state index in [0.717, 1.165) is 19.9 Å². The highest BCUT2D eigenvalue weighted by atomic mass is 79.9. The molecule has 0 aliphatic heterocycles. The molecule has 0 radical (unpaired) electrons. The number of nitrogens with zero attached hydrogens (tertiary/aromatic N) is 1. The third-order valence-corrected chi connectivity index (χ3v) is 4.80. The number of aromatic nitrogens is 1. The van der Waals surface area contributed by atoms with E-state index < -0.39 is 0 Å². The molecule has 2 aromatic heterocycles. The molecule has 14 heavy (non-hydrogen) atoms. The summed E-state index contributed by atoms with van der Waals surface area (Å²) in [6.45, 7) is 1.98. The maximum absolute atomic E-state index is 6.13. The van der Waals surface area contributed by atoms with E-state index in [1.807, 2.05) is 24.4 Å². The fourth-order valence-corrected chi connectivity index (χ4v) is 3.66. The van der Waals surface area contributed by atoms with Crippen LogP contribution in [0.15, 0.2) is 22.0 Å². The quantitative estimate of drug-likeness (QED) is 0.921. The number of hydrogen-bond donors (Lipinski definition) is 1. The molecule has 1 atom stereocenters. The highest BCUT2D eigenvalue weighted by Gasteiger charge is 2.15. The van der Waals surface area contributed by atoms with Gasteiger partial charge < -0.3 is 5.73 Å². The zero-order valence-corrected chi connectivity index (χ0v) is 10.7. The standard InChI is InChI=1S/C9H9BrN2S2/c1-5-4-7(14-12-5)8(11)9-6(10)2-3-13-9/h2-4,8H,11H2,1H3. The average Bonchev–Trinajstić information content (AvgIpc) is 2.73. The van der Waals surface area contributed by atoms with Gasteiger partial charge in [0.15, 0.2) is 0 Å². The predicted molar refractivity (Wildman–Crippen MR) is 64.9 cm³/mol. The summed E-state index contributed by atoms with van der Waals surface area (Å²) in [5.74, 6) is 0. The highest BCUT2D eigenvalue weighted by molar-refractivity contribution is 9.10. The summed E-state index contributed by atoms with van der Waals surface area (Å²) in [5, 5.41) is 2.03. The van der Waals surface area contributed by atoms with E-state index in [1.165, 1.54) is 11.5 Å². The summed E-state index contributed by atoms with van der Waals surface area (Å²) >= 11 is 6.63. The Hall–Kier alpha value is -0.230. The van der Waals surface area contributed by atoms with Crippen molar-refractivity contribution in [2.75, 3.05) is 0 Å². The third kappa shape index (κ3) is 1.91. The van der Waals surface area contributed by atoms with Crippen LogP contribution in [0, 0.1) is 6.92 Å². The van der Waals surface area contributed by atoms with Gasteiger partial charge in [-0.3, -0.25) is 0 Å². The molecule has 74 valence electrons. The molecule has 0 aliphatic rings. The van der Waals surface area contributed by atoms with Crippen LogP contribution in [0.5, 0.6) is 0 Å². The Bertz CT molecular complexity index is 435. The molecule has 0 fully saturated rings. The summed E-state index contributed by atoms with van der Waals surface area (Å²) in [6.07, 6.45) is 0. The van der Waals surface area contributed by atoms with E-state index in [1.54, 1.807) is 11.3 Å². The van der Waals surface area contributed by atoms with Gasteiger partial charge >= 0.3 is 0 Å². The lowest BCUT2D eigenvalue weighted by Gasteiger charge is -2.06. The first-order valence-electron chi connectivity index (χ1n) is 4.10. The van der Waals surface area contributed by atoms with Gasteiger partial charge in [-0.2, -0.15) is 4.37 Å². The molecule has 0 saturated heterocycles. The Morgan fingerprint density at radius 2 is 2.36 bits per heavy atom. The van der Waals surface area contributed by atoms with E-state index in [0.29, 0.717) is 0 Å². The molecule has 1 unspecified atom stereocenters. The lowest BCUT2D eigenvalue weighted by molar-refractivity contribution is 0.911. The van der Waals surface area contributed by atoms with Gasteiger partial charge in [0.05, 0.1) is 11.7 Å². The number of aryl methyl sites for hydroxylation is 1. The zero-order valence-electron chi connectivity index (χ0n) is 7.53. The molecule has 0 spiro atoms.